The van der Waals surface area contributed by atoms with Crippen LogP contribution >= 0.6 is 11.3 Å². The van der Waals surface area contributed by atoms with Crippen LogP contribution < -0.4 is 0 Å². The van der Waals surface area contributed by atoms with Crippen LogP contribution in [0.2, 0.25) is 0 Å². The maximum absolute atomic E-state index is 4.66. The molecule has 1 aliphatic rings. The van der Waals surface area contributed by atoms with Crippen LogP contribution in [0.25, 0.3) is 0 Å². The van der Waals surface area contributed by atoms with Gasteiger partial charge in [-0.05, 0) is 22.6 Å². The van der Waals surface area contributed by atoms with E-state index in [9.17, 15) is 0 Å². The minimum atomic E-state index is 0.306. The fourth-order valence-corrected chi connectivity index (χ4v) is 4.05. The quantitative estimate of drug-likeness (QED) is 0.624. The van der Waals surface area contributed by atoms with Crippen molar-refractivity contribution in [3.05, 3.63) is 94.2 Å². The summed E-state index contributed by atoms with van der Waals surface area (Å²) in [6, 6.07) is 26.1. The summed E-state index contributed by atoms with van der Waals surface area (Å²) in [7, 11) is 0. The van der Waals surface area contributed by atoms with Gasteiger partial charge in [0.15, 0.2) is 0 Å². The Hall–Kier alpha value is -2.43. The molecule has 132 valence electrons. The molecule has 0 atom stereocenters. The molecule has 3 nitrogen and oxygen atoms in total. The lowest BCUT2D eigenvalue weighted by atomic mass is 9.96. The highest BCUT2D eigenvalue weighted by Gasteiger charge is 2.25. The maximum atomic E-state index is 4.66. The van der Waals surface area contributed by atoms with E-state index in [1.54, 1.807) is 11.3 Å². The molecule has 2 heterocycles. The number of nitrogens with zero attached hydrogens (tertiary/aromatic N) is 3. The number of benzene rings is 2. The number of rotatable bonds is 5. The molecule has 3 aromatic rings. The fraction of sp³-hybridized carbons (Fsp3) is 0.227. The van der Waals surface area contributed by atoms with Crippen LogP contribution in [0.5, 0.6) is 0 Å². The normalized spacial score (nSPS) is 15.8. The van der Waals surface area contributed by atoms with Gasteiger partial charge in [-0.3, -0.25) is 9.91 Å². The minimum absolute atomic E-state index is 0.306. The molecule has 0 aliphatic carbocycles. The van der Waals surface area contributed by atoms with Gasteiger partial charge in [-0.1, -0.05) is 66.7 Å². The zero-order chi connectivity index (χ0) is 17.6. The van der Waals surface area contributed by atoms with Gasteiger partial charge >= 0.3 is 0 Å². The second-order valence-electron chi connectivity index (χ2n) is 6.47. The van der Waals surface area contributed by atoms with Crippen molar-refractivity contribution in [3.63, 3.8) is 0 Å². The molecule has 0 saturated carbocycles. The van der Waals surface area contributed by atoms with E-state index in [-0.39, 0.29) is 0 Å². The number of piperazine rings is 1. The van der Waals surface area contributed by atoms with Crippen LogP contribution in [0.4, 0.5) is 0 Å². The SMILES string of the molecule is C(=N\N1CCN(C(c2ccccc2)c2ccccc2)CC1)/c1cccs1. The molecule has 0 radical (unpaired) electrons. The van der Waals surface area contributed by atoms with Gasteiger partial charge in [0.1, 0.15) is 0 Å². The van der Waals surface area contributed by atoms with Crippen LogP contribution in [-0.2, 0) is 0 Å². The summed E-state index contributed by atoms with van der Waals surface area (Å²) in [5, 5.41) is 8.93. The summed E-state index contributed by atoms with van der Waals surface area (Å²) in [6.07, 6.45) is 1.98. The van der Waals surface area contributed by atoms with Crippen molar-refractivity contribution in [1.82, 2.24) is 9.91 Å². The van der Waals surface area contributed by atoms with E-state index in [0.29, 0.717) is 6.04 Å². The van der Waals surface area contributed by atoms with Crippen molar-refractivity contribution < 1.29 is 0 Å². The van der Waals surface area contributed by atoms with Gasteiger partial charge in [0, 0.05) is 31.1 Å². The average molecular weight is 362 g/mol. The molecule has 1 aromatic heterocycles. The first-order valence-corrected chi connectivity index (χ1v) is 9.94. The molecule has 4 rings (SSSR count). The van der Waals surface area contributed by atoms with Crippen molar-refractivity contribution in [2.75, 3.05) is 26.2 Å². The third kappa shape index (κ3) is 4.03. The van der Waals surface area contributed by atoms with Crippen LogP contribution in [0.1, 0.15) is 22.0 Å². The van der Waals surface area contributed by atoms with E-state index in [0.717, 1.165) is 26.2 Å². The fourth-order valence-electron chi connectivity index (χ4n) is 3.47. The van der Waals surface area contributed by atoms with Gasteiger partial charge < -0.3 is 0 Å². The molecule has 1 fully saturated rings. The third-order valence-electron chi connectivity index (χ3n) is 4.78. The molecule has 1 saturated heterocycles. The van der Waals surface area contributed by atoms with E-state index in [2.05, 4.69) is 93.2 Å². The van der Waals surface area contributed by atoms with Crippen LogP contribution in [-0.4, -0.2) is 42.3 Å². The van der Waals surface area contributed by atoms with Gasteiger partial charge in [0.05, 0.1) is 12.3 Å². The molecular formula is C22H23N3S. The van der Waals surface area contributed by atoms with Gasteiger partial charge in [0.2, 0.25) is 0 Å². The highest BCUT2D eigenvalue weighted by molar-refractivity contribution is 7.11. The van der Waals surface area contributed by atoms with Crippen LogP contribution in [0.15, 0.2) is 83.3 Å². The molecule has 0 spiro atoms. The first kappa shape index (κ1) is 17.0. The highest BCUT2D eigenvalue weighted by Crippen LogP contribution is 2.29. The molecule has 0 N–H and O–H groups in total. The smallest absolute Gasteiger partial charge is 0.0642 e. The number of thiophene rings is 1. The monoisotopic (exact) mass is 361 g/mol. The second kappa shape index (κ2) is 8.30. The Labute approximate surface area is 159 Å². The van der Waals surface area contributed by atoms with Gasteiger partial charge in [-0.25, -0.2) is 0 Å². The topological polar surface area (TPSA) is 18.8 Å². The lowest BCUT2D eigenvalue weighted by Crippen LogP contribution is -2.45. The largest absolute Gasteiger partial charge is 0.294 e. The molecule has 1 aliphatic heterocycles. The Balaban J connectivity index is 1.48. The minimum Gasteiger partial charge on any atom is -0.294 e. The standard InChI is InChI=1S/C22H23N3S/c1-3-8-19(9-4-1)22(20-10-5-2-6-11-20)24-13-15-25(16-14-24)23-18-21-12-7-17-26-21/h1-12,17-18,22H,13-16H2/b23-18+. The van der Waals surface area contributed by atoms with Gasteiger partial charge in [0.25, 0.3) is 0 Å². The highest BCUT2D eigenvalue weighted by atomic mass is 32.1. The Kier molecular flexibility index (Phi) is 5.43. The molecule has 4 heteroatoms. The lowest BCUT2D eigenvalue weighted by molar-refractivity contribution is 0.113. The zero-order valence-electron chi connectivity index (χ0n) is 14.7. The molecule has 26 heavy (non-hydrogen) atoms. The summed E-state index contributed by atoms with van der Waals surface area (Å²) >= 11 is 1.73. The van der Waals surface area contributed by atoms with Crippen molar-refractivity contribution in [1.29, 1.82) is 0 Å². The van der Waals surface area contributed by atoms with Gasteiger partial charge in [-0.15, -0.1) is 11.3 Å². The van der Waals surface area contributed by atoms with Gasteiger partial charge in [-0.2, -0.15) is 5.10 Å². The number of hydrogen-bond donors (Lipinski definition) is 0. The van der Waals surface area contributed by atoms with E-state index < -0.39 is 0 Å². The number of hydrazone groups is 1. The Morgan fingerprint density at radius 3 is 1.92 bits per heavy atom. The number of hydrogen-bond acceptors (Lipinski definition) is 4. The molecule has 0 amide bonds. The molecular weight excluding hydrogens is 338 g/mol. The Morgan fingerprint density at radius 1 is 0.769 bits per heavy atom. The lowest BCUT2D eigenvalue weighted by Gasteiger charge is -2.38. The molecule has 0 unspecified atom stereocenters. The molecule has 2 aromatic carbocycles. The molecule has 0 bridgehead atoms. The van der Waals surface area contributed by atoms with Crippen molar-refractivity contribution >= 4 is 17.6 Å². The predicted molar refractivity (Wildman–Crippen MR) is 110 cm³/mol. The van der Waals surface area contributed by atoms with E-state index in [4.69, 9.17) is 0 Å². The predicted octanol–water partition coefficient (Wildman–Crippen LogP) is 4.49. The summed E-state index contributed by atoms with van der Waals surface area (Å²) < 4.78 is 0. The van der Waals surface area contributed by atoms with Crippen molar-refractivity contribution in [3.8, 4) is 0 Å². The van der Waals surface area contributed by atoms with Crippen LogP contribution in [0, 0.1) is 0 Å². The second-order valence-corrected chi connectivity index (χ2v) is 7.45. The summed E-state index contributed by atoms with van der Waals surface area (Å²) in [5.74, 6) is 0. The summed E-state index contributed by atoms with van der Waals surface area (Å²) in [6.45, 7) is 3.93. The van der Waals surface area contributed by atoms with Crippen molar-refractivity contribution in [2.24, 2.45) is 5.10 Å². The zero-order valence-corrected chi connectivity index (χ0v) is 15.6. The Morgan fingerprint density at radius 2 is 1.38 bits per heavy atom. The summed E-state index contributed by atoms with van der Waals surface area (Å²) in [5.41, 5.74) is 2.71. The van der Waals surface area contributed by atoms with E-state index in [1.807, 2.05) is 6.21 Å². The third-order valence-corrected chi connectivity index (χ3v) is 5.58. The first-order chi connectivity index (χ1) is 12.9. The maximum Gasteiger partial charge on any atom is 0.0642 e. The Bertz CT molecular complexity index is 768. The van der Waals surface area contributed by atoms with Crippen molar-refractivity contribution in [2.45, 2.75) is 6.04 Å². The summed E-state index contributed by atoms with van der Waals surface area (Å²) in [4.78, 5) is 3.78. The van der Waals surface area contributed by atoms with Crippen LogP contribution in [0.3, 0.4) is 0 Å². The van der Waals surface area contributed by atoms with E-state index in [1.165, 1.54) is 16.0 Å². The first-order valence-electron chi connectivity index (χ1n) is 9.06. The average Bonchev–Trinajstić information content (AvgIpc) is 3.23. The van der Waals surface area contributed by atoms with E-state index >= 15 is 0 Å².